The molecule has 2 aromatic carbocycles. The first-order valence-electron chi connectivity index (χ1n) is 5.60. The highest BCUT2D eigenvalue weighted by molar-refractivity contribution is 5.42. The lowest BCUT2D eigenvalue weighted by Gasteiger charge is -2.11. The van der Waals surface area contributed by atoms with Gasteiger partial charge in [0.15, 0.2) is 11.5 Å². The molecule has 4 nitrogen and oxygen atoms in total. The van der Waals surface area contributed by atoms with E-state index in [0.717, 1.165) is 5.56 Å². The first kappa shape index (κ1) is 12.4. The first-order chi connectivity index (χ1) is 8.66. The van der Waals surface area contributed by atoms with Gasteiger partial charge in [0.05, 0.1) is 0 Å². The molecule has 4 N–H and O–H groups in total. The van der Waals surface area contributed by atoms with Crippen molar-refractivity contribution in [3.05, 3.63) is 59.7 Å². The smallest absolute Gasteiger partial charge is 0.161 e. The summed E-state index contributed by atoms with van der Waals surface area (Å²) in [6.45, 7) is 0.346. The zero-order chi connectivity index (χ0) is 13.0. The van der Waals surface area contributed by atoms with Crippen LogP contribution in [0.1, 0.15) is 17.4 Å². The Bertz CT molecular complexity index is 512. The van der Waals surface area contributed by atoms with Crippen molar-refractivity contribution in [2.75, 3.05) is 0 Å². The topological polar surface area (TPSA) is 75.7 Å². The van der Waals surface area contributed by atoms with Crippen LogP contribution < -0.4 is 10.5 Å². The molecular weight excluding hydrogens is 230 g/mol. The molecule has 0 aliphatic carbocycles. The van der Waals surface area contributed by atoms with E-state index in [0.29, 0.717) is 17.9 Å². The van der Waals surface area contributed by atoms with Gasteiger partial charge in [-0.3, -0.25) is 0 Å². The average Bonchev–Trinajstić information content (AvgIpc) is 2.38. The van der Waals surface area contributed by atoms with Crippen LogP contribution in [-0.4, -0.2) is 10.2 Å². The maximum absolute atomic E-state index is 9.65. The summed E-state index contributed by atoms with van der Waals surface area (Å²) in [7, 11) is 0. The summed E-state index contributed by atoms with van der Waals surface area (Å²) in [5, 5.41) is 18.9. The highest BCUT2D eigenvalue weighted by Crippen LogP contribution is 2.29. The Balaban J connectivity index is 2.11. The molecule has 0 aliphatic rings. The number of aliphatic hydroxyl groups excluding tert-OH is 1. The van der Waals surface area contributed by atoms with E-state index in [4.69, 9.17) is 10.5 Å². The number of phenolic OH excluding ortho intramolecular Hbond substituents is 1. The number of hydrogen-bond acceptors (Lipinski definition) is 4. The van der Waals surface area contributed by atoms with Gasteiger partial charge < -0.3 is 20.7 Å². The van der Waals surface area contributed by atoms with E-state index in [-0.39, 0.29) is 5.75 Å². The fourth-order valence-electron chi connectivity index (χ4n) is 1.57. The minimum absolute atomic E-state index is 0.0235. The highest BCUT2D eigenvalue weighted by atomic mass is 16.5. The van der Waals surface area contributed by atoms with Crippen LogP contribution in [0.15, 0.2) is 48.5 Å². The molecule has 0 heterocycles. The summed E-state index contributed by atoms with van der Waals surface area (Å²) in [5.74, 6) is 0.330. The molecule has 2 aromatic rings. The van der Waals surface area contributed by atoms with Crippen molar-refractivity contribution in [2.24, 2.45) is 5.73 Å². The molecule has 94 valence electrons. The van der Waals surface area contributed by atoms with Gasteiger partial charge in [-0.25, -0.2) is 0 Å². The fourth-order valence-corrected chi connectivity index (χ4v) is 1.57. The van der Waals surface area contributed by atoms with E-state index in [1.54, 1.807) is 6.07 Å². The molecule has 1 unspecified atom stereocenters. The summed E-state index contributed by atoms with van der Waals surface area (Å²) < 4.78 is 5.50. The van der Waals surface area contributed by atoms with Gasteiger partial charge in [-0.2, -0.15) is 0 Å². The standard InChI is InChI=1S/C14H15NO3/c15-14(17)11-6-7-12(16)13(8-11)18-9-10-4-2-1-3-5-10/h1-8,14,16-17H,9,15H2. The third kappa shape index (κ3) is 3.00. The average molecular weight is 245 g/mol. The van der Waals surface area contributed by atoms with Gasteiger partial charge in [0.1, 0.15) is 12.8 Å². The van der Waals surface area contributed by atoms with Gasteiger partial charge in [-0.05, 0) is 23.3 Å². The molecule has 4 heteroatoms. The second-order valence-electron chi connectivity index (χ2n) is 3.95. The second-order valence-corrected chi connectivity index (χ2v) is 3.95. The number of benzene rings is 2. The van der Waals surface area contributed by atoms with Crippen LogP contribution in [-0.2, 0) is 6.61 Å². The molecule has 1 atom stereocenters. The van der Waals surface area contributed by atoms with Crippen molar-refractivity contribution in [3.8, 4) is 11.5 Å². The maximum Gasteiger partial charge on any atom is 0.161 e. The van der Waals surface area contributed by atoms with Gasteiger partial charge in [-0.1, -0.05) is 36.4 Å². The van der Waals surface area contributed by atoms with E-state index in [9.17, 15) is 10.2 Å². The lowest BCUT2D eigenvalue weighted by molar-refractivity contribution is 0.185. The van der Waals surface area contributed by atoms with E-state index >= 15 is 0 Å². The fraction of sp³-hybridized carbons (Fsp3) is 0.143. The van der Waals surface area contributed by atoms with Gasteiger partial charge in [-0.15, -0.1) is 0 Å². The van der Waals surface area contributed by atoms with Crippen LogP contribution in [0.4, 0.5) is 0 Å². The van der Waals surface area contributed by atoms with E-state index < -0.39 is 6.23 Å². The quantitative estimate of drug-likeness (QED) is 0.719. The summed E-state index contributed by atoms with van der Waals surface area (Å²) >= 11 is 0. The Kier molecular flexibility index (Phi) is 3.82. The van der Waals surface area contributed by atoms with Crippen LogP contribution in [0.3, 0.4) is 0 Å². The Morgan fingerprint density at radius 1 is 1.11 bits per heavy atom. The summed E-state index contributed by atoms with van der Waals surface area (Å²) in [5.41, 5.74) is 6.85. The molecule has 0 aliphatic heterocycles. The van der Waals surface area contributed by atoms with Crippen LogP contribution in [0.25, 0.3) is 0 Å². The van der Waals surface area contributed by atoms with Gasteiger partial charge in [0.25, 0.3) is 0 Å². The molecule has 0 fully saturated rings. The molecule has 0 saturated carbocycles. The molecule has 0 saturated heterocycles. The monoisotopic (exact) mass is 245 g/mol. The number of ether oxygens (including phenoxy) is 1. The normalized spacial score (nSPS) is 12.1. The van der Waals surface area contributed by atoms with Crippen molar-refractivity contribution >= 4 is 0 Å². The molecular formula is C14H15NO3. The van der Waals surface area contributed by atoms with Crippen molar-refractivity contribution in [3.63, 3.8) is 0 Å². The molecule has 0 radical (unpaired) electrons. The molecule has 18 heavy (non-hydrogen) atoms. The molecule has 0 bridgehead atoms. The summed E-state index contributed by atoms with van der Waals surface area (Å²) in [6, 6.07) is 14.1. The zero-order valence-electron chi connectivity index (χ0n) is 9.78. The lowest BCUT2D eigenvalue weighted by Crippen LogP contribution is -2.08. The van der Waals surface area contributed by atoms with Crippen LogP contribution in [0, 0.1) is 0 Å². The Labute approximate surface area is 105 Å². The molecule has 2 rings (SSSR count). The van der Waals surface area contributed by atoms with Gasteiger partial charge >= 0.3 is 0 Å². The van der Waals surface area contributed by atoms with Crippen molar-refractivity contribution in [2.45, 2.75) is 12.8 Å². The van der Waals surface area contributed by atoms with Crippen LogP contribution >= 0.6 is 0 Å². The molecule has 0 spiro atoms. The number of hydrogen-bond donors (Lipinski definition) is 3. The SMILES string of the molecule is NC(O)c1ccc(O)c(OCc2ccccc2)c1. The van der Waals surface area contributed by atoms with E-state index in [1.807, 2.05) is 30.3 Å². The van der Waals surface area contributed by atoms with E-state index in [2.05, 4.69) is 0 Å². The Morgan fingerprint density at radius 3 is 2.50 bits per heavy atom. The number of aromatic hydroxyl groups is 1. The number of aliphatic hydroxyl groups is 1. The number of nitrogens with two attached hydrogens (primary N) is 1. The largest absolute Gasteiger partial charge is 0.504 e. The Morgan fingerprint density at radius 2 is 1.83 bits per heavy atom. The third-order valence-electron chi connectivity index (χ3n) is 2.56. The van der Waals surface area contributed by atoms with Gasteiger partial charge in [0.2, 0.25) is 0 Å². The lowest BCUT2D eigenvalue weighted by atomic mass is 10.2. The molecule has 0 amide bonds. The summed E-state index contributed by atoms with van der Waals surface area (Å²) in [4.78, 5) is 0. The highest BCUT2D eigenvalue weighted by Gasteiger charge is 2.07. The van der Waals surface area contributed by atoms with Crippen molar-refractivity contribution in [1.82, 2.24) is 0 Å². The number of phenols is 1. The maximum atomic E-state index is 9.65. The van der Waals surface area contributed by atoms with Crippen LogP contribution in [0.5, 0.6) is 11.5 Å². The zero-order valence-corrected chi connectivity index (χ0v) is 9.78. The summed E-state index contributed by atoms with van der Waals surface area (Å²) in [6.07, 6.45) is -1.08. The minimum Gasteiger partial charge on any atom is -0.504 e. The third-order valence-corrected chi connectivity index (χ3v) is 2.56. The predicted octanol–water partition coefficient (Wildman–Crippen LogP) is 1.92. The number of rotatable bonds is 4. The van der Waals surface area contributed by atoms with Crippen molar-refractivity contribution < 1.29 is 14.9 Å². The first-order valence-corrected chi connectivity index (χ1v) is 5.60. The van der Waals surface area contributed by atoms with Crippen molar-refractivity contribution in [1.29, 1.82) is 0 Å². The van der Waals surface area contributed by atoms with Gasteiger partial charge in [0, 0.05) is 0 Å². The molecule has 0 aromatic heterocycles. The van der Waals surface area contributed by atoms with Crippen LogP contribution in [0.2, 0.25) is 0 Å². The minimum atomic E-state index is -1.08. The predicted molar refractivity (Wildman–Crippen MR) is 68.0 cm³/mol. The van der Waals surface area contributed by atoms with E-state index in [1.165, 1.54) is 12.1 Å². The Hall–Kier alpha value is -2.04. The second kappa shape index (κ2) is 5.53.